The fourth-order valence-corrected chi connectivity index (χ4v) is 5.83. The van der Waals surface area contributed by atoms with Crippen LogP contribution in [0.1, 0.15) is 116 Å². The van der Waals surface area contributed by atoms with Crippen molar-refractivity contribution in [1.82, 2.24) is 10.4 Å². The Labute approximate surface area is 151 Å². The highest BCUT2D eigenvalue weighted by Crippen LogP contribution is 2.43. The lowest BCUT2D eigenvalue weighted by Crippen LogP contribution is -2.60. The van der Waals surface area contributed by atoms with E-state index in [9.17, 15) is 0 Å². The fourth-order valence-electron chi connectivity index (χ4n) is 5.83. The van der Waals surface area contributed by atoms with Crippen LogP contribution in [0.15, 0.2) is 0 Å². The third-order valence-corrected chi connectivity index (χ3v) is 7.23. The molecule has 2 aliphatic carbocycles. The van der Waals surface area contributed by atoms with Crippen LogP contribution in [-0.2, 0) is 0 Å². The van der Waals surface area contributed by atoms with Crippen LogP contribution in [0, 0.1) is 5.92 Å². The lowest BCUT2D eigenvalue weighted by atomic mass is 9.69. The highest BCUT2D eigenvalue weighted by molar-refractivity contribution is 4.97. The van der Waals surface area contributed by atoms with Crippen LogP contribution in [0.4, 0.5) is 0 Å². The first kappa shape index (κ1) is 18.7. The Hall–Kier alpha value is -0.0800. The molecule has 2 heteroatoms. The molecule has 0 unspecified atom stereocenters. The molecular weight excluding hydrogens is 292 g/mol. The van der Waals surface area contributed by atoms with Crippen molar-refractivity contribution in [2.75, 3.05) is 13.1 Å². The Morgan fingerprint density at radius 2 is 1.12 bits per heavy atom. The monoisotopic (exact) mass is 334 g/mol. The van der Waals surface area contributed by atoms with Crippen LogP contribution in [0.5, 0.6) is 0 Å². The quantitative estimate of drug-likeness (QED) is 0.645. The van der Waals surface area contributed by atoms with Crippen LogP contribution in [-0.4, -0.2) is 23.6 Å². The number of nitrogens with zero attached hydrogens (tertiary/aromatic N) is 1. The number of hydrogen-bond donors (Lipinski definition) is 1. The van der Waals surface area contributed by atoms with E-state index in [4.69, 9.17) is 0 Å². The van der Waals surface area contributed by atoms with E-state index in [1.165, 1.54) is 129 Å². The van der Waals surface area contributed by atoms with Gasteiger partial charge in [-0.05, 0) is 44.4 Å². The van der Waals surface area contributed by atoms with Gasteiger partial charge in [0.25, 0.3) is 0 Å². The second-order valence-corrected chi connectivity index (χ2v) is 8.89. The maximum absolute atomic E-state index is 3.97. The minimum Gasteiger partial charge on any atom is -0.255 e. The van der Waals surface area contributed by atoms with Crippen LogP contribution >= 0.6 is 0 Å². The van der Waals surface area contributed by atoms with Crippen molar-refractivity contribution >= 4 is 0 Å². The van der Waals surface area contributed by atoms with Crippen LogP contribution < -0.4 is 5.43 Å². The molecule has 2 saturated carbocycles. The molecule has 2 nitrogen and oxygen atoms in total. The summed E-state index contributed by atoms with van der Waals surface area (Å²) >= 11 is 0. The van der Waals surface area contributed by atoms with Gasteiger partial charge in [0.05, 0.1) is 0 Å². The topological polar surface area (TPSA) is 15.3 Å². The first-order valence-electron chi connectivity index (χ1n) is 11.4. The predicted octanol–water partition coefficient (Wildman–Crippen LogP) is 6.21. The Balaban J connectivity index is 1.79. The molecule has 0 aromatic heterocycles. The minimum atomic E-state index is 0.481. The maximum atomic E-state index is 3.97. The summed E-state index contributed by atoms with van der Waals surface area (Å²) in [5.41, 5.74) is 4.45. The maximum Gasteiger partial charge on any atom is 0.0382 e. The summed E-state index contributed by atoms with van der Waals surface area (Å²) in [6.45, 7) is 2.52. The molecule has 1 heterocycles. The molecule has 3 aliphatic rings. The van der Waals surface area contributed by atoms with Gasteiger partial charge in [-0.15, -0.1) is 0 Å². The van der Waals surface area contributed by atoms with Gasteiger partial charge in [-0.25, -0.2) is 5.01 Å². The molecule has 1 N–H and O–H groups in total. The molecule has 0 atom stereocenters. The van der Waals surface area contributed by atoms with Crippen LogP contribution in [0.25, 0.3) is 0 Å². The molecule has 0 aromatic carbocycles. The van der Waals surface area contributed by atoms with Crippen molar-refractivity contribution in [3.63, 3.8) is 0 Å². The number of rotatable bonds is 2. The Kier molecular flexibility index (Phi) is 7.92. The molecule has 3 fully saturated rings. The van der Waals surface area contributed by atoms with E-state index in [1.54, 1.807) is 0 Å². The SMILES string of the molecule is C1CCCNN(C2(C3CCCCC3)CCCCCCCC2)CCC1. The normalized spacial score (nSPS) is 29.5. The molecular formula is C22H42N2. The zero-order valence-corrected chi connectivity index (χ0v) is 16.2. The zero-order chi connectivity index (χ0) is 16.5. The summed E-state index contributed by atoms with van der Waals surface area (Å²) in [4.78, 5) is 0. The molecule has 0 amide bonds. The second-order valence-electron chi connectivity index (χ2n) is 8.89. The van der Waals surface area contributed by atoms with E-state index in [0.717, 1.165) is 5.92 Å². The van der Waals surface area contributed by atoms with Gasteiger partial charge >= 0.3 is 0 Å². The molecule has 1 saturated heterocycles. The number of hydrazine groups is 1. The highest BCUT2D eigenvalue weighted by atomic mass is 15.5. The van der Waals surface area contributed by atoms with Gasteiger partial charge < -0.3 is 0 Å². The van der Waals surface area contributed by atoms with E-state index in [1.807, 2.05) is 0 Å². The molecule has 0 spiro atoms. The summed E-state index contributed by atoms with van der Waals surface area (Å²) in [6, 6.07) is 0. The minimum absolute atomic E-state index is 0.481. The van der Waals surface area contributed by atoms with Crippen molar-refractivity contribution in [3.05, 3.63) is 0 Å². The third-order valence-electron chi connectivity index (χ3n) is 7.23. The largest absolute Gasteiger partial charge is 0.255 e. The van der Waals surface area contributed by atoms with Gasteiger partial charge in [0.1, 0.15) is 0 Å². The average molecular weight is 335 g/mol. The molecule has 0 radical (unpaired) electrons. The summed E-state index contributed by atoms with van der Waals surface area (Å²) < 4.78 is 0. The smallest absolute Gasteiger partial charge is 0.0382 e. The van der Waals surface area contributed by atoms with Crippen molar-refractivity contribution in [2.45, 2.75) is 121 Å². The number of hydrogen-bond acceptors (Lipinski definition) is 2. The Morgan fingerprint density at radius 1 is 0.583 bits per heavy atom. The summed E-state index contributed by atoms with van der Waals surface area (Å²) in [5, 5.41) is 2.83. The average Bonchev–Trinajstić information content (AvgIpc) is 2.84. The van der Waals surface area contributed by atoms with Crippen molar-refractivity contribution in [1.29, 1.82) is 0 Å². The van der Waals surface area contributed by atoms with Crippen molar-refractivity contribution in [3.8, 4) is 0 Å². The van der Waals surface area contributed by atoms with E-state index in [0.29, 0.717) is 5.54 Å². The molecule has 140 valence electrons. The lowest BCUT2D eigenvalue weighted by molar-refractivity contribution is -0.0404. The molecule has 1 aliphatic heterocycles. The van der Waals surface area contributed by atoms with Crippen LogP contribution in [0.3, 0.4) is 0 Å². The highest BCUT2D eigenvalue weighted by Gasteiger charge is 2.43. The third kappa shape index (κ3) is 4.97. The lowest BCUT2D eigenvalue weighted by Gasteiger charge is -2.51. The standard InChI is InChI=1S/C22H42N2/c1-2-5-12-18-22(17-11-4-1,21-15-9-8-10-16-21)24-20-14-7-3-6-13-19-23-24/h21,23H,1-20H2. The van der Waals surface area contributed by atoms with Crippen molar-refractivity contribution < 1.29 is 0 Å². The van der Waals surface area contributed by atoms with Gasteiger partial charge in [0.2, 0.25) is 0 Å². The van der Waals surface area contributed by atoms with E-state index < -0.39 is 0 Å². The summed E-state index contributed by atoms with van der Waals surface area (Å²) in [5.74, 6) is 0.956. The predicted molar refractivity (Wildman–Crippen MR) is 104 cm³/mol. The molecule has 24 heavy (non-hydrogen) atoms. The molecule has 0 aromatic rings. The number of nitrogens with one attached hydrogen (secondary N) is 1. The van der Waals surface area contributed by atoms with Crippen molar-refractivity contribution in [2.24, 2.45) is 5.92 Å². The van der Waals surface area contributed by atoms with Gasteiger partial charge in [0.15, 0.2) is 0 Å². The molecule has 0 bridgehead atoms. The van der Waals surface area contributed by atoms with Gasteiger partial charge in [-0.3, -0.25) is 5.43 Å². The van der Waals surface area contributed by atoms with Gasteiger partial charge in [0, 0.05) is 18.6 Å². The Morgan fingerprint density at radius 3 is 1.83 bits per heavy atom. The summed E-state index contributed by atoms with van der Waals surface area (Å²) in [6.07, 6.45) is 26.3. The van der Waals surface area contributed by atoms with Gasteiger partial charge in [-0.2, -0.15) is 0 Å². The summed E-state index contributed by atoms with van der Waals surface area (Å²) in [7, 11) is 0. The van der Waals surface area contributed by atoms with E-state index in [-0.39, 0.29) is 0 Å². The van der Waals surface area contributed by atoms with Crippen LogP contribution in [0.2, 0.25) is 0 Å². The second kappa shape index (κ2) is 10.2. The van der Waals surface area contributed by atoms with Gasteiger partial charge in [-0.1, -0.05) is 77.0 Å². The zero-order valence-electron chi connectivity index (χ0n) is 16.2. The Bertz CT molecular complexity index is 315. The first-order valence-corrected chi connectivity index (χ1v) is 11.4. The van der Waals surface area contributed by atoms with E-state index in [2.05, 4.69) is 10.4 Å². The first-order chi connectivity index (χ1) is 11.9. The fraction of sp³-hybridized carbons (Fsp3) is 1.00. The van der Waals surface area contributed by atoms with E-state index >= 15 is 0 Å². The molecule has 3 rings (SSSR count).